The smallest absolute Gasteiger partial charge is 0.408 e. The Morgan fingerprint density at radius 2 is 1.04 bits per heavy atom. The highest BCUT2D eigenvalue weighted by Gasteiger charge is 2.04. The van der Waals surface area contributed by atoms with Crippen molar-refractivity contribution in [2.24, 2.45) is 0 Å². The van der Waals surface area contributed by atoms with E-state index >= 15 is 0 Å². The molecule has 0 spiro atoms. The van der Waals surface area contributed by atoms with Crippen molar-refractivity contribution in [2.75, 3.05) is 19.9 Å². The molecule has 136 valence electrons. The van der Waals surface area contributed by atoms with Crippen LogP contribution in [0.5, 0.6) is 0 Å². The summed E-state index contributed by atoms with van der Waals surface area (Å²) in [6.07, 6.45) is 10.1. The molecule has 23 heavy (non-hydrogen) atoms. The van der Waals surface area contributed by atoms with Crippen molar-refractivity contribution < 1.29 is 19.1 Å². The van der Waals surface area contributed by atoms with E-state index in [0.29, 0.717) is 13.2 Å². The molecule has 6 nitrogen and oxygen atoms in total. The van der Waals surface area contributed by atoms with Crippen LogP contribution in [0.2, 0.25) is 0 Å². The molecule has 0 rings (SSSR count). The molecule has 0 atom stereocenters. The summed E-state index contributed by atoms with van der Waals surface area (Å²) in [6, 6.07) is 0. The number of alkyl carbamates (subject to hydrolysis) is 2. The molecule has 0 aliphatic heterocycles. The molecule has 0 unspecified atom stereocenters. The van der Waals surface area contributed by atoms with Gasteiger partial charge in [-0.2, -0.15) is 0 Å². The molecule has 0 aliphatic carbocycles. The van der Waals surface area contributed by atoms with Crippen molar-refractivity contribution in [3.8, 4) is 0 Å². The van der Waals surface area contributed by atoms with E-state index in [9.17, 15) is 9.59 Å². The van der Waals surface area contributed by atoms with Gasteiger partial charge in [0.15, 0.2) is 0 Å². The summed E-state index contributed by atoms with van der Waals surface area (Å²) in [5.74, 6) is 0. The van der Waals surface area contributed by atoms with Crippen LogP contribution in [-0.2, 0) is 9.47 Å². The van der Waals surface area contributed by atoms with Gasteiger partial charge in [0.2, 0.25) is 0 Å². The second-order valence-electron chi connectivity index (χ2n) is 5.63. The summed E-state index contributed by atoms with van der Waals surface area (Å²) in [7, 11) is 0. The zero-order chi connectivity index (χ0) is 17.2. The van der Waals surface area contributed by atoms with Gasteiger partial charge in [-0.05, 0) is 12.8 Å². The average molecular weight is 330 g/mol. The first kappa shape index (κ1) is 21.5. The van der Waals surface area contributed by atoms with Gasteiger partial charge in [-0.1, -0.05) is 65.2 Å². The first-order valence-electron chi connectivity index (χ1n) is 9.02. The zero-order valence-electron chi connectivity index (χ0n) is 14.8. The fraction of sp³-hybridized carbons (Fsp3) is 0.882. The number of ether oxygens (including phenoxy) is 2. The number of hydrogen-bond acceptors (Lipinski definition) is 4. The summed E-state index contributed by atoms with van der Waals surface area (Å²) >= 11 is 0. The Kier molecular flexibility index (Phi) is 15.8. The highest BCUT2D eigenvalue weighted by Crippen LogP contribution is 2.04. The molecule has 0 aliphatic rings. The molecule has 0 saturated heterocycles. The maximum atomic E-state index is 11.4. The summed E-state index contributed by atoms with van der Waals surface area (Å²) in [4.78, 5) is 22.7. The first-order valence-corrected chi connectivity index (χ1v) is 9.02. The highest BCUT2D eigenvalue weighted by molar-refractivity contribution is 5.69. The molecule has 0 bridgehead atoms. The van der Waals surface area contributed by atoms with Crippen LogP contribution in [0.15, 0.2) is 0 Å². The minimum Gasteiger partial charge on any atom is -0.450 e. The van der Waals surface area contributed by atoms with Crippen LogP contribution in [0, 0.1) is 0 Å². The van der Waals surface area contributed by atoms with Crippen LogP contribution >= 0.6 is 0 Å². The summed E-state index contributed by atoms with van der Waals surface area (Å²) < 4.78 is 9.99. The lowest BCUT2D eigenvalue weighted by atomic mass is 10.1. The molecule has 2 N–H and O–H groups in total. The predicted octanol–water partition coefficient (Wildman–Crippen LogP) is 4.34. The van der Waals surface area contributed by atoms with Crippen molar-refractivity contribution in [3.05, 3.63) is 0 Å². The maximum absolute atomic E-state index is 11.4. The first-order chi connectivity index (χ1) is 11.2. The Bertz CT molecular complexity index is 298. The molecule has 0 heterocycles. The third kappa shape index (κ3) is 16.7. The van der Waals surface area contributed by atoms with Gasteiger partial charge in [0.05, 0.1) is 19.9 Å². The summed E-state index contributed by atoms with van der Waals surface area (Å²) in [5, 5.41) is 4.92. The highest BCUT2D eigenvalue weighted by atomic mass is 16.6. The monoisotopic (exact) mass is 330 g/mol. The lowest BCUT2D eigenvalue weighted by Crippen LogP contribution is -2.38. The second-order valence-corrected chi connectivity index (χ2v) is 5.63. The molecule has 0 aromatic carbocycles. The van der Waals surface area contributed by atoms with Gasteiger partial charge >= 0.3 is 12.2 Å². The van der Waals surface area contributed by atoms with E-state index in [0.717, 1.165) is 38.5 Å². The number of rotatable bonds is 14. The third-order valence-corrected chi connectivity index (χ3v) is 3.43. The predicted molar refractivity (Wildman–Crippen MR) is 91.4 cm³/mol. The molecule has 0 aromatic heterocycles. The molecule has 6 heteroatoms. The molecule has 2 amide bonds. The molecular weight excluding hydrogens is 296 g/mol. The van der Waals surface area contributed by atoms with Crippen LogP contribution in [0.3, 0.4) is 0 Å². The van der Waals surface area contributed by atoms with Crippen molar-refractivity contribution >= 4 is 12.2 Å². The maximum Gasteiger partial charge on any atom is 0.408 e. The minimum atomic E-state index is -0.516. The van der Waals surface area contributed by atoms with Crippen LogP contribution in [0.1, 0.15) is 78.1 Å². The SMILES string of the molecule is CCCCCCCCOC(=O)NCNC(=O)OCCCCCC. The number of carbonyl (C=O) groups excluding carboxylic acids is 2. The lowest BCUT2D eigenvalue weighted by molar-refractivity contribution is 0.135. The van der Waals surface area contributed by atoms with Crippen LogP contribution < -0.4 is 10.6 Å². The van der Waals surface area contributed by atoms with Crippen molar-refractivity contribution in [2.45, 2.75) is 78.1 Å². The Hall–Kier alpha value is -1.46. The van der Waals surface area contributed by atoms with Crippen LogP contribution in [-0.4, -0.2) is 32.1 Å². The van der Waals surface area contributed by atoms with Gasteiger partial charge in [-0.25, -0.2) is 9.59 Å². The lowest BCUT2D eigenvalue weighted by Gasteiger charge is -2.09. The average Bonchev–Trinajstić information content (AvgIpc) is 2.54. The van der Waals surface area contributed by atoms with E-state index in [1.165, 1.54) is 25.7 Å². The van der Waals surface area contributed by atoms with Crippen LogP contribution in [0.4, 0.5) is 9.59 Å². The molecule has 0 radical (unpaired) electrons. The van der Waals surface area contributed by atoms with E-state index in [1.54, 1.807) is 0 Å². The normalized spacial score (nSPS) is 10.2. The van der Waals surface area contributed by atoms with E-state index in [-0.39, 0.29) is 6.67 Å². The summed E-state index contributed by atoms with van der Waals surface area (Å²) in [6.45, 7) is 5.16. The number of unbranched alkanes of at least 4 members (excludes halogenated alkanes) is 8. The molecular formula is C17H34N2O4. The fourth-order valence-electron chi connectivity index (χ4n) is 2.03. The Morgan fingerprint density at radius 3 is 1.52 bits per heavy atom. The number of amides is 2. The Morgan fingerprint density at radius 1 is 0.652 bits per heavy atom. The molecule has 0 saturated carbocycles. The number of carbonyl (C=O) groups is 2. The van der Waals surface area contributed by atoms with E-state index in [2.05, 4.69) is 24.5 Å². The third-order valence-electron chi connectivity index (χ3n) is 3.43. The summed E-state index contributed by atoms with van der Waals surface area (Å²) in [5.41, 5.74) is 0. The van der Waals surface area contributed by atoms with Gasteiger partial charge in [0.1, 0.15) is 0 Å². The van der Waals surface area contributed by atoms with Gasteiger partial charge in [-0.15, -0.1) is 0 Å². The second kappa shape index (κ2) is 16.9. The zero-order valence-corrected chi connectivity index (χ0v) is 14.8. The standard InChI is InChI=1S/C17H34N2O4/c1-3-5-7-9-10-12-14-23-17(21)19-15-18-16(20)22-13-11-8-6-4-2/h3-15H2,1-2H3,(H,18,20)(H,19,21). The molecule has 0 fully saturated rings. The van der Waals surface area contributed by atoms with Crippen molar-refractivity contribution in [3.63, 3.8) is 0 Å². The minimum absolute atomic E-state index is 0.0170. The van der Waals surface area contributed by atoms with Crippen molar-refractivity contribution in [1.82, 2.24) is 10.6 Å². The van der Waals surface area contributed by atoms with Gasteiger partial charge < -0.3 is 20.1 Å². The van der Waals surface area contributed by atoms with Gasteiger partial charge in [-0.3, -0.25) is 0 Å². The topological polar surface area (TPSA) is 76.7 Å². The van der Waals surface area contributed by atoms with Crippen LogP contribution in [0.25, 0.3) is 0 Å². The Labute approximate surface area is 140 Å². The largest absolute Gasteiger partial charge is 0.450 e. The van der Waals surface area contributed by atoms with Gasteiger partial charge in [0.25, 0.3) is 0 Å². The number of hydrogen-bond donors (Lipinski definition) is 2. The number of nitrogens with one attached hydrogen (secondary N) is 2. The Balaban J connectivity index is 3.33. The quantitative estimate of drug-likeness (QED) is 0.367. The van der Waals surface area contributed by atoms with Gasteiger partial charge in [0, 0.05) is 0 Å². The van der Waals surface area contributed by atoms with E-state index in [1.807, 2.05) is 0 Å². The fourth-order valence-corrected chi connectivity index (χ4v) is 2.03. The molecule has 0 aromatic rings. The van der Waals surface area contributed by atoms with Crippen molar-refractivity contribution in [1.29, 1.82) is 0 Å². The van der Waals surface area contributed by atoms with E-state index in [4.69, 9.17) is 9.47 Å². The van der Waals surface area contributed by atoms with E-state index < -0.39 is 12.2 Å².